The molecule has 1 fully saturated rings. The van der Waals surface area contributed by atoms with Crippen LogP contribution in [-0.4, -0.2) is 39.5 Å². The van der Waals surface area contributed by atoms with E-state index in [0.717, 1.165) is 32.5 Å². The number of rotatable bonds is 6. The first-order valence-corrected chi connectivity index (χ1v) is 9.46. The van der Waals surface area contributed by atoms with Gasteiger partial charge in [-0.15, -0.1) is 0 Å². The Morgan fingerprint density at radius 1 is 1.38 bits per heavy atom. The molecular weight excluding hydrogens is 308 g/mol. The summed E-state index contributed by atoms with van der Waals surface area (Å²) < 4.78 is 27.1. The van der Waals surface area contributed by atoms with Gasteiger partial charge in [-0.3, -0.25) is 0 Å². The molecule has 4 nitrogen and oxygen atoms in total. The zero-order chi connectivity index (χ0) is 15.3. The summed E-state index contributed by atoms with van der Waals surface area (Å²) in [4.78, 5) is 2.37. The van der Waals surface area contributed by atoms with E-state index in [-0.39, 0.29) is 5.75 Å². The summed E-state index contributed by atoms with van der Waals surface area (Å²) in [6.45, 7) is 5.79. The number of piperidine rings is 1. The number of sulfonamides is 1. The molecule has 1 aromatic rings. The van der Waals surface area contributed by atoms with E-state index in [4.69, 9.17) is 11.6 Å². The molecule has 118 valence electrons. The Bertz CT molecular complexity index is 563. The third-order valence-electron chi connectivity index (χ3n) is 3.95. The maximum atomic E-state index is 12.2. The van der Waals surface area contributed by atoms with Crippen LogP contribution < -0.4 is 4.72 Å². The molecule has 6 heteroatoms. The molecule has 1 heterocycles. The highest BCUT2D eigenvalue weighted by Crippen LogP contribution is 2.18. The number of nitrogens with zero attached hydrogens (tertiary/aromatic N) is 1. The molecule has 1 unspecified atom stereocenters. The minimum Gasteiger partial charge on any atom is -0.303 e. The summed E-state index contributed by atoms with van der Waals surface area (Å²) in [7, 11) is -3.33. The van der Waals surface area contributed by atoms with Crippen molar-refractivity contribution in [1.29, 1.82) is 0 Å². The SMILES string of the molecule is CCN1CCCC(CNS(=O)(=O)Cc2ccccc2Cl)C1. The summed E-state index contributed by atoms with van der Waals surface area (Å²) >= 11 is 6.02. The van der Waals surface area contributed by atoms with Gasteiger partial charge in [-0.2, -0.15) is 0 Å². The van der Waals surface area contributed by atoms with Crippen LogP contribution >= 0.6 is 11.6 Å². The van der Waals surface area contributed by atoms with Gasteiger partial charge in [0.1, 0.15) is 0 Å². The summed E-state index contributed by atoms with van der Waals surface area (Å²) in [5.41, 5.74) is 0.644. The van der Waals surface area contributed by atoms with Gasteiger partial charge in [-0.1, -0.05) is 36.7 Å². The third-order valence-corrected chi connectivity index (χ3v) is 5.61. The van der Waals surface area contributed by atoms with Crippen LogP contribution in [0.25, 0.3) is 0 Å². The summed E-state index contributed by atoms with van der Waals surface area (Å²) in [6, 6.07) is 7.07. The maximum Gasteiger partial charge on any atom is 0.215 e. The molecule has 0 radical (unpaired) electrons. The Labute approximate surface area is 132 Å². The molecule has 2 rings (SSSR count). The van der Waals surface area contributed by atoms with Crippen LogP contribution in [0.15, 0.2) is 24.3 Å². The van der Waals surface area contributed by atoms with Crippen molar-refractivity contribution in [2.45, 2.75) is 25.5 Å². The quantitative estimate of drug-likeness (QED) is 0.871. The Kier molecular flexibility index (Phi) is 6.05. The Hall–Kier alpha value is -0.620. The highest BCUT2D eigenvalue weighted by molar-refractivity contribution is 7.88. The first-order valence-electron chi connectivity index (χ1n) is 7.43. The number of benzene rings is 1. The number of hydrogen-bond donors (Lipinski definition) is 1. The Morgan fingerprint density at radius 2 is 2.14 bits per heavy atom. The van der Waals surface area contributed by atoms with E-state index in [1.807, 2.05) is 0 Å². The van der Waals surface area contributed by atoms with Crippen LogP contribution in [0.4, 0.5) is 0 Å². The first-order chi connectivity index (χ1) is 10.00. The number of nitrogens with one attached hydrogen (secondary N) is 1. The van der Waals surface area contributed by atoms with Crippen molar-refractivity contribution in [2.24, 2.45) is 5.92 Å². The first kappa shape index (κ1) is 16.7. The van der Waals surface area contributed by atoms with Crippen molar-refractivity contribution in [3.05, 3.63) is 34.9 Å². The zero-order valence-corrected chi connectivity index (χ0v) is 14.0. The van der Waals surface area contributed by atoms with E-state index in [0.29, 0.717) is 23.0 Å². The Morgan fingerprint density at radius 3 is 2.86 bits per heavy atom. The normalized spacial score (nSPS) is 20.6. The van der Waals surface area contributed by atoms with Crippen LogP contribution in [0.2, 0.25) is 5.02 Å². The molecule has 1 aliphatic rings. The van der Waals surface area contributed by atoms with E-state index in [2.05, 4.69) is 16.5 Å². The van der Waals surface area contributed by atoms with E-state index in [1.54, 1.807) is 24.3 Å². The van der Waals surface area contributed by atoms with Gasteiger partial charge in [0.2, 0.25) is 10.0 Å². The molecule has 0 saturated carbocycles. The molecule has 1 aliphatic heterocycles. The van der Waals surface area contributed by atoms with Crippen molar-refractivity contribution in [1.82, 2.24) is 9.62 Å². The lowest BCUT2D eigenvalue weighted by molar-refractivity contribution is 0.184. The molecule has 0 spiro atoms. The molecule has 1 atom stereocenters. The molecule has 0 aromatic heterocycles. The van der Waals surface area contributed by atoms with Crippen LogP contribution in [0.3, 0.4) is 0 Å². The monoisotopic (exact) mass is 330 g/mol. The van der Waals surface area contributed by atoms with Gasteiger partial charge in [-0.25, -0.2) is 13.1 Å². The predicted octanol–water partition coefficient (Wildman–Crippen LogP) is 2.49. The van der Waals surface area contributed by atoms with Gasteiger partial charge in [0, 0.05) is 18.1 Å². The van der Waals surface area contributed by atoms with Gasteiger partial charge in [0.05, 0.1) is 5.75 Å². The lowest BCUT2D eigenvalue weighted by Gasteiger charge is -2.31. The lowest BCUT2D eigenvalue weighted by atomic mass is 9.98. The van der Waals surface area contributed by atoms with Crippen LogP contribution in [-0.2, 0) is 15.8 Å². The van der Waals surface area contributed by atoms with Gasteiger partial charge in [0.15, 0.2) is 0 Å². The van der Waals surface area contributed by atoms with E-state index < -0.39 is 10.0 Å². The van der Waals surface area contributed by atoms with Gasteiger partial charge >= 0.3 is 0 Å². The topological polar surface area (TPSA) is 49.4 Å². The molecule has 1 aromatic carbocycles. The molecule has 21 heavy (non-hydrogen) atoms. The summed E-state index contributed by atoms with van der Waals surface area (Å²) in [5.74, 6) is 0.344. The maximum absolute atomic E-state index is 12.2. The van der Waals surface area contributed by atoms with E-state index in [9.17, 15) is 8.42 Å². The summed E-state index contributed by atoms with van der Waals surface area (Å²) in [6.07, 6.45) is 2.23. The van der Waals surface area contributed by atoms with Gasteiger partial charge in [-0.05, 0) is 43.5 Å². The summed E-state index contributed by atoms with van der Waals surface area (Å²) in [5, 5.41) is 0.498. The number of hydrogen-bond acceptors (Lipinski definition) is 3. The minimum absolute atomic E-state index is 0.0586. The standard InChI is InChI=1S/C15H23ClN2O2S/c1-2-18-9-5-6-13(11-18)10-17-21(19,20)12-14-7-3-4-8-15(14)16/h3-4,7-8,13,17H,2,5-6,9-12H2,1H3. The zero-order valence-electron chi connectivity index (χ0n) is 12.4. The van der Waals surface area contributed by atoms with Crippen molar-refractivity contribution in [2.75, 3.05) is 26.2 Å². The molecule has 0 bridgehead atoms. The largest absolute Gasteiger partial charge is 0.303 e. The lowest BCUT2D eigenvalue weighted by Crippen LogP contribution is -2.40. The van der Waals surface area contributed by atoms with Crippen LogP contribution in [0.5, 0.6) is 0 Å². The Balaban J connectivity index is 1.88. The second kappa shape index (κ2) is 7.58. The molecule has 0 amide bonds. The van der Waals surface area contributed by atoms with Crippen LogP contribution in [0.1, 0.15) is 25.3 Å². The highest BCUT2D eigenvalue weighted by Gasteiger charge is 2.21. The fourth-order valence-electron chi connectivity index (χ4n) is 2.72. The van der Waals surface area contributed by atoms with Crippen molar-refractivity contribution >= 4 is 21.6 Å². The van der Waals surface area contributed by atoms with Crippen molar-refractivity contribution in [3.8, 4) is 0 Å². The number of likely N-dealkylation sites (tertiary alicyclic amines) is 1. The molecule has 0 aliphatic carbocycles. The third kappa shape index (κ3) is 5.25. The second-order valence-electron chi connectivity index (χ2n) is 5.60. The fraction of sp³-hybridized carbons (Fsp3) is 0.600. The average molecular weight is 331 g/mol. The molecule has 1 N–H and O–H groups in total. The van der Waals surface area contributed by atoms with Crippen molar-refractivity contribution in [3.63, 3.8) is 0 Å². The highest BCUT2D eigenvalue weighted by atomic mass is 35.5. The van der Waals surface area contributed by atoms with E-state index in [1.165, 1.54) is 0 Å². The average Bonchev–Trinajstić information content (AvgIpc) is 2.48. The fourth-order valence-corrected chi connectivity index (χ4v) is 4.26. The predicted molar refractivity (Wildman–Crippen MR) is 86.9 cm³/mol. The van der Waals surface area contributed by atoms with Gasteiger partial charge < -0.3 is 4.90 Å². The second-order valence-corrected chi connectivity index (χ2v) is 7.81. The molecule has 1 saturated heterocycles. The van der Waals surface area contributed by atoms with E-state index >= 15 is 0 Å². The van der Waals surface area contributed by atoms with Crippen LogP contribution in [0, 0.1) is 5.92 Å². The number of halogens is 1. The molecular formula is C15H23ClN2O2S. The minimum atomic E-state index is -3.33. The van der Waals surface area contributed by atoms with Gasteiger partial charge in [0.25, 0.3) is 0 Å². The smallest absolute Gasteiger partial charge is 0.215 e. The van der Waals surface area contributed by atoms with Crippen molar-refractivity contribution < 1.29 is 8.42 Å².